The minimum absolute atomic E-state index is 0.0138. The van der Waals surface area contributed by atoms with Crippen LogP contribution >= 0.6 is 0 Å². The lowest BCUT2D eigenvalue weighted by Crippen LogP contribution is -2.03. The van der Waals surface area contributed by atoms with Crippen molar-refractivity contribution in [2.75, 3.05) is 0 Å². The van der Waals surface area contributed by atoms with Crippen molar-refractivity contribution in [2.24, 2.45) is 5.92 Å². The highest BCUT2D eigenvalue weighted by Gasteiger charge is 2.26. The second-order valence-corrected chi connectivity index (χ2v) is 3.86. The van der Waals surface area contributed by atoms with Gasteiger partial charge in [0.05, 0.1) is 0 Å². The molecular weight excluding hydrogens is 146 g/mol. The van der Waals surface area contributed by atoms with Crippen LogP contribution in [-0.4, -0.2) is 0 Å². The van der Waals surface area contributed by atoms with Gasteiger partial charge in [-0.05, 0) is 30.4 Å². The third kappa shape index (κ3) is 1.05. The Bertz CT molecular complexity index is 304. The molecule has 1 aliphatic carbocycles. The second-order valence-electron chi connectivity index (χ2n) is 3.86. The van der Waals surface area contributed by atoms with Crippen molar-refractivity contribution in [3.63, 3.8) is 0 Å². The van der Waals surface area contributed by atoms with E-state index in [9.17, 15) is 0 Å². The van der Waals surface area contributed by atoms with Gasteiger partial charge >= 0.3 is 0 Å². The lowest BCUT2D eigenvalue weighted by Gasteiger charge is -2.08. The molecule has 1 aliphatic rings. The molecule has 0 bridgehead atoms. The van der Waals surface area contributed by atoms with Gasteiger partial charge in [0.1, 0.15) is 0 Å². The van der Waals surface area contributed by atoms with Crippen LogP contribution in [0.4, 0.5) is 0 Å². The number of benzene rings is 1. The van der Waals surface area contributed by atoms with Crippen molar-refractivity contribution >= 4 is 0 Å². The maximum atomic E-state index is 7.92. The summed E-state index contributed by atoms with van der Waals surface area (Å²) in [5.41, 5.74) is 11.8. The number of nitrogens with one attached hydrogen (secondary N) is 1. The first-order valence-electron chi connectivity index (χ1n) is 4.49. The van der Waals surface area contributed by atoms with Crippen molar-refractivity contribution < 1.29 is 0 Å². The molecule has 1 N–H and O–H groups in total. The van der Waals surface area contributed by atoms with Crippen LogP contribution in [-0.2, 0) is 6.42 Å². The number of rotatable bonds is 0. The average molecular weight is 160 g/mol. The fourth-order valence-electron chi connectivity index (χ4n) is 1.96. The lowest BCUT2D eigenvalue weighted by molar-refractivity contribution is 0.501. The van der Waals surface area contributed by atoms with Crippen LogP contribution in [0.1, 0.15) is 29.7 Å². The van der Waals surface area contributed by atoms with E-state index in [1.54, 1.807) is 0 Å². The molecule has 0 saturated carbocycles. The number of hydrogen-bond acceptors (Lipinski definition) is 0. The Morgan fingerprint density at radius 2 is 2.17 bits per heavy atom. The smallest absolute Gasteiger partial charge is 0.0494 e. The highest BCUT2D eigenvalue weighted by atomic mass is 14.7. The number of fused-ring (bicyclic) bond motifs is 1. The molecule has 0 aromatic heterocycles. The van der Waals surface area contributed by atoms with E-state index in [1.165, 1.54) is 16.7 Å². The van der Waals surface area contributed by atoms with Crippen LogP contribution in [0, 0.1) is 12.8 Å². The molecule has 1 nitrogen and oxygen atoms in total. The first-order valence-corrected chi connectivity index (χ1v) is 4.49. The zero-order valence-corrected chi connectivity index (χ0v) is 7.59. The quantitative estimate of drug-likeness (QED) is 0.557. The molecule has 1 radical (unpaired) electrons. The summed E-state index contributed by atoms with van der Waals surface area (Å²) in [5.74, 6) is 0.502. The van der Waals surface area contributed by atoms with E-state index in [4.69, 9.17) is 5.73 Å². The van der Waals surface area contributed by atoms with Gasteiger partial charge in [-0.1, -0.05) is 30.7 Å². The summed E-state index contributed by atoms with van der Waals surface area (Å²) in [6.07, 6.45) is 1.09. The molecule has 2 atom stereocenters. The maximum Gasteiger partial charge on any atom is 0.0494 e. The van der Waals surface area contributed by atoms with Crippen molar-refractivity contribution in [3.8, 4) is 0 Å². The zero-order chi connectivity index (χ0) is 8.72. The highest BCUT2D eigenvalue weighted by Crippen LogP contribution is 2.35. The Morgan fingerprint density at radius 1 is 1.42 bits per heavy atom. The molecule has 12 heavy (non-hydrogen) atoms. The van der Waals surface area contributed by atoms with Gasteiger partial charge in [-0.15, -0.1) is 0 Å². The van der Waals surface area contributed by atoms with E-state index in [0.717, 1.165) is 6.42 Å². The van der Waals surface area contributed by atoms with Crippen molar-refractivity contribution in [3.05, 3.63) is 34.9 Å². The average Bonchev–Trinajstić information content (AvgIpc) is 2.31. The molecule has 1 aromatic rings. The summed E-state index contributed by atoms with van der Waals surface area (Å²) >= 11 is 0. The van der Waals surface area contributed by atoms with E-state index in [-0.39, 0.29) is 6.04 Å². The topological polar surface area (TPSA) is 23.8 Å². The van der Waals surface area contributed by atoms with E-state index < -0.39 is 0 Å². The van der Waals surface area contributed by atoms with Gasteiger partial charge in [0, 0.05) is 6.04 Å². The summed E-state index contributed by atoms with van der Waals surface area (Å²) in [4.78, 5) is 0. The molecule has 2 rings (SSSR count). The first-order chi connectivity index (χ1) is 5.68. The van der Waals surface area contributed by atoms with Gasteiger partial charge in [0.2, 0.25) is 0 Å². The minimum Gasteiger partial charge on any atom is -0.249 e. The van der Waals surface area contributed by atoms with Crippen LogP contribution in [0.3, 0.4) is 0 Å². The van der Waals surface area contributed by atoms with Gasteiger partial charge in [-0.3, -0.25) is 0 Å². The van der Waals surface area contributed by atoms with Gasteiger partial charge in [0.15, 0.2) is 0 Å². The standard InChI is InChI=1S/C11H14N/c1-7-3-4-9-6-8(2)11(12)10(9)5-7/h3-5,8,11-12H,6H2,1-2H3/t8-,11+/m0/s1. The maximum absolute atomic E-state index is 7.92. The predicted octanol–water partition coefficient (Wildman–Crippen LogP) is 2.51. The molecule has 0 heterocycles. The lowest BCUT2D eigenvalue weighted by atomic mass is 10.0. The van der Waals surface area contributed by atoms with Gasteiger partial charge < -0.3 is 0 Å². The largest absolute Gasteiger partial charge is 0.249 e. The predicted molar refractivity (Wildman–Crippen MR) is 49.9 cm³/mol. The number of hydrogen-bond donors (Lipinski definition) is 0. The van der Waals surface area contributed by atoms with Crippen molar-refractivity contribution in [1.82, 2.24) is 5.73 Å². The van der Waals surface area contributed by atoms with Crippen LogP contribution in [0.2, 0.25) is 0 Å². The third-order valence-corrected chi connectivity index (χ3v) is 2.75. The number of aryl methyl sites for hydroxylation is 1. The Labute approximate surface area is 73.6 Å². The van der Waals surface area contributed by atoms with Crippen LogP contribution < -0.4 is 5.73 Å². The van der Waals surface area contributed by atoms with Crippen molar-refractivity contribution in [1.29, 1.82) is 0 Å². The van der Waals surface area contributed by atoms with E-state index in [1.807, 2.05) is 0 Å². The minimum atomic E-state index is 0.0138. The summed E-state index contributed by atoms with van der Waals surface area (Å²) in [6, 6.07) is 6.50. The van der Waals surface area contributed by atoms with Gasteiger partial charge in [-0.25, -0.2) is 5.73 Å². The molecule has 0 fully saturated rings. The Kier molecular flexibility index (Phi) is 1.69. The van der Waals surface area contributed by atoms with Crippen LogP contribution in [0.15, 0.2) is 18.2 Å². The summed E-state index contributed by atoms with van der Waals surface area (Å²) in [5, 5.41) is 0. The van der Waals surface area contributed by atoms with Gasteiger partial charge in [0.25, 0.3) is 0 Å². The fourth-order valence-corrected chi connectivity index (χ4v) is 1.96. The molecule has 0 spiro atoms. The first kappa shape index (κ1) is 7.81. The molecule has 0 aliphatic heterocycles. The fraction of sp³-hybridized carbons (Fsp3) is 0.455. The molecule has 0 saturated heterocycles. The Hall–Kier alpha value is -0.820. The summed E-state index contributed by atoms with van der Waals surface area (Å²) in [6.45, 7) is 4.25. The molecule has 63 valence electrons. The van der Waals surface area contributed by atoms with E-state index in [2.05, 4.69) is 32.0 Å². The Balaban J connectivity index is 2.48. The second kappa shape index (κ2) is 2.60. The molecule has 1 heteroatoms. The van der Waals surface area contributed by atoms with Crippen LogP contribution in [0.5, 0.6) is 0 Å². The zero-order valence-electron chi connectivity index (χ0n) is 7.59. The van der Waals surface area contributed by atoms with Crippen LogP contribution in [0.25, 0.3) is 0 Å². The Morgan fingerprint density at radius 3 is 2.92 bits per heavy atom. The van der Waals surface area contributed by atoms with Crippen molar-refractivity contribution in [2.45, 2.75) is 26.3 Å². The van der Waals surface area contributed by atoms with E-state index >= 15 is 0 Å². The molecule has 0 unspecified atom stereocenters. The molecule has 1 aromatic carbocycles. The molecule has 0 amide bonds. The third-order valence-electron chi connectivity index (χ3n) is 2.75. The highest BCUT2D eigenvalue weighted by molar-refractivity contribution is 5.38. The molecular formula is C11H14N. The SMILES string of the molecule is Cc1ccc2c(c1)[C@H]([NH])[C@@H](C)C2. The van der Waals surface area contributed by atoms with E-state index in [0.29, 0.717) is 5.92 Å². The summed E-state index contributed by atoms with van der Waals surface area (Å²) in [7, 11) is 0. The normalized spacial score (nSPS) is 27.2. The monoisotopic (exact) mass is 160 g/mol. The van der Waals surface area contributed by atoms with Gasteiger partial charge in [-0.2, -0.15) is 0 Å². The summed E-state index contributed by atoms with van der Waals surface area (Å²) < 4.78 is 0.